The Hall–Kier alpha value is -3.84. The van der Waals surface area contributed by atoms with Gasteiger partial charge in [0.1, 0.15) is 0 Å². The van der Waals surface area contributed by atoms with E-state index in [9.17, 15) is 4.79 Å². The van der Waals surface area contributed by atoms with Crippen molar-refractivity contribution in [3.8, 4) is 11.4 Å². The topological polar surface area (TPSA) is 71.3 Å². The van der Waals surface area contributed by atoms with E-state index in [1.807, 2.05) is 99.0 Å². The molecule has 0 fully saturated rings. The van der Waals surface area contributed by atoms with E-state index in [1.54, 1.807) is 16.7 Å². The number of thioether (sulfide) groups is 1. The molecule has 1 aromatic heterocycles. The van der Waals surface area contributed by atoms with Crippen LogP contribution in [0.5, 0.6) is 0 Å². The second-order valence-electron chi connectivity index (χ2n) is 8.12. The minimum absolute atomic E-state index is 0.202. The predicted octanol–water partition coefficient (Wildman–Crippen LogP) is 6.47. The second kappa shape index (κ2) is 9.19. The lowest BCUT2D eigenvalue weighted by Gasteiger charge is -2.35. The predicted molar refractivity (Wildman–Crippen MR) is 135 cm³/mol. The first-order valence-electron chi connectivity index (χ1n) is 11.0. The molecule has 0 radical (unpaired) electrons. The molecule has 1 aliphatic heterocycles. The molecule has 0 spiro atoms. The van der Waals surface area contributed by atoms with Gasteiger partial charge in [-0.2, -0.15) is 4.98 Å². The molecule has 170 valence electrons. The number of hydrogen-bond donors (Lipinski definition) is 1. The molecule has 1 atom stereocenters. The fourth-order valence-corrected chi connectivity index (χ4v) is 4.66. The molecule has 0 saturated heterocycles. The van der Waals surface area contributed by atoms with Crippen molar-refractivity contribution >= 4 is 29.1 Å². The maximum Gasteiger partial charge on any atom is 0.326 e. The summed E-state index contributed by atoms with van der Waals surface area (Å²) in [6, 6.07) is 25.1. The zero-order valence-electron chi connectivity index (χ0n) is 19.1. The number of nitrogens with zero attached hydrogens (tertiary/aromatic N) is 3. The van der Waals surface area contributed by atoms with E-state index in [1.165, 1.54) is 0 Å². The van der Waals surface area contributed by atoms with Crippen molar-refractivity contribution < 1.29 is 9.32 Å². The zero-order valence-corrected chi connectivity index (χ0v) is 20.0. The summed E-state index contributed by atoms with van der Waals surface area (Å²) in [4.78, 5) is 20.8. The largest absolute Gasteiger partial charge is 0.334 e. The molecule has 1 unspecified atom stereocenters. The van der Waals surface area contributed by atoms with Crippen LogP contribution < -0.4 is 10.2 Å². The van der Waals surface area contributed by atoms with Gasteiger partial charge in [-0.1, -0.05) is 65.3 Å². The van der Waals surface area contributed by atoms with Gasteiger partial charge in [-0.05, 0) is 49.9 Å². The fourth-order valence-electron chi connectivity index (χ4n) is 4.21. The standard InChI is InChI=1S/C27H24N4O2S/c1-17-9-7-12-20(15-17)25-29-26(33-30-25)23-18(2)31(21-13-8-14-22(16-21)34-3)27(32)28-24(23)19-10-5-4-6-11-19/h4-16,24H,1-3H3,(H,28,32). The van der Waals surface area contributed by atoms with Gasteiger partial charge >= 0.3 is 6.03 Å². The number of anilines is 1. The molecule has 3 aromatic carbocycles. The first kappa shape index (κ1) is 22.0. The van der Waals surface area contributed by atoms with Crippen molar-refractivity contribution in [1.29, 1.82) is 0 Å². The lowest BCUT2D eigenvalue weighted by Crippen LogP contribution is -2.46. The van der Waals surface area contributed by atoms with Crippen LogP contribution in [0.1, 0.15) is 30.0 Å². The zero-order chi connectivity index (χ0) is 23.7. The van der Waals surface area contributed by atoms with Crippen LogP contribution in [0.15, 0.2) is 94.0 Å². The number of benzene rings is 3. The van der Waals surface area contributed by atoms with Crippen molar-refractivity contribution in [3.05, 3.63) is 102 Å². The molecule has 5 rings (SSSR count). The number of nitrogens with one attached hydrogen (secondary N) is 1. The van der Waals surface area contributed by atoms with Gasteiger partial charge in [0.25, 0.3) is 5.89 Å². The number of urea groups is 1. The SMILES string of the molecule is CSc1cccc(N2C(=O)NC(c3ccccc3)C(c3nc(-c4cccc(C)c4)no3)=C2C)c1. The van der Waals surface area contributed by atoms with E-state index in [0.29, 0.717) is 11.7 Å². The van der Waals surface area contributed by atoms with E-state index in [4.69, 9.17) is 9.51 Å². The third-order valence-electron chi connectivity index (χ3n) is 5.86. The van der Waals surface area contributed by atoms with Crippen LogP contribution in [0.4, 0.5) is 10.5 Å². The highest BCUT2D eigenvalue weighted by molar-refractivity contribution is 7.98. The quantitative estimate of drug-likeness (QED) is 0.340. The maximum absolute atomic E-state index is 13.3. The summed E-state index contributed by atoms with van der Waals surface area (Å²) in [5.41, 5.74) is 5.24. The Bertz CT molecular complexity index is 1380. The molecule has 1 N–H and O–H groups in total. The van der Waals surface area contributed by atoms with Crippen LogP contribution in [-0.4, -0.2) is 22.4 Å². The summed E-state index contributed by atoms with van der Waals surface area (Å²) >= 11 is 1.63. The van der Waals surface area contributed by atoms with Crippen LogP contribution in [-0.2, 0) is 0 Å². The van der Waals surface area contributed by atoms with Gasteiger partial charge in [0.15, 0.2) is 0 Å². The summed E-state index contributed by atoms with van der Waals surface area (Å²) in [5, 5.41) is 7.41. The lowest BCUT2D eigenvalue weighted by atomic mass is 9.94. The molecule has 0 aliphatic carbocycles. The number of allylic oxidation sites excluding steroid dienone is 1. The van der Waals surface area contributed by atoms with Crippen molar-refractivity contribution in [2.24, 2.45) is 0 Å². The normalized spacial score (nSPS) is 16.0. The van der Waals surface area contributed by atoms with Gasteiger partial charge in [-0.25, -0.2) is 4.79 Å². The molecule has 7 heteroatoms. The monoisotopic (exact) mass is 468 g/mol. The third-order valence-corrected chi connectivity index (χ3v) is 6.59. The van der Waals surface area contributed by atoms with E-state index < -0.39 is 6.04 Å². The van der Waals surface area contributed by atoms with E-state index in [0.717, 1.165) is 38.5 Å². The summed E-state index contributed by atoms with van der Waals surface area (Å²) in [6.07, 6.45) is 2.01. The van der Waals surface area contributed by atoms with Gasteiger partial charge in [0, 0.05) is 16.2 Å². The molecule has 2 heterocycles. The number of carbonyl (C=O) groups excluding carboxylic acids is 1. The molecule has 2 amide bonds. The Morgan fingerprint density at radius 3 is 2.53 bits per heavy atom. The van der Waals surface area contributed by atoms with Crippen molar-refractivity contribution in [1.82, 2.24) is 15.5 Å². The van der Waals surface area contributed by atoms with Gasteiger partial charge in [-0.3, -0.25) is 4.90 Å². The van der Waals surface area contributed by atoms with Crippen molar-refractivity contribution in [3.63, 3.8) is 0 Å². The van der Waals surface area contributed by atoms with E-state index in [-0.39, 0.29) is 6.03 Å². The van der Waals surface area contributed by atoms with Crippen LogP contribution in [0.25, 0.3) is 17.0 Å². The van der Waals surface area contributed by atoms with E-state index in [2.05, 4.69) is 10.5 Å². The Balaban J connectivity index is 1.66. The average Bonchev–Trinajstić information content (AvgIpc) is 3.34. The summed E-state index contributed by atoms with van der Waals surface area (Å²) in [5.74, 6) is 0.896. The Kier molecular flexibility index (Phi) is 5.94. The van der Waals surface area contributed by atoms with Crippen LogP contribution in [0, 0.1) is 6.92 Å². The van der Waals surface area contributed by atoms with Crippen LogP contribution in [0.2, 0.25) is 0 Å². The number of carbonyl (C=O) groups is 1. The fraction of sp³-hybridized carbons (Fsp3) is 0.148. The first-order valence-corrected chi connectivity index (χ1v) is 12.2. The Morgan fingerprint density at radius 1 is 0.971 bits per heavy atom. The molecule has 34 heavy (non-hydrogen) atoms. The Morgan fingerprint density at radius 2 is 1.76 bits per heavy atom. The first-order chi connectivity index (χ1) is 16.5. The van der Waals surface area contributed by atoms with E-state index >= 15 is 0 Å². The number of rotatable bonds is 5. The van der Waals surface area contributed by atoms with Gasteiger partial charge in [0.2, 0.25) is 5.82 Å². The molecule has 4 aromatic rings. The number of amides is 2. The average molecular weight is 469 g/mol. The smallest absolute Gasteiger partial charge is 0.326 e. The molecule has 0 saturated carbocycles. The number of aryl methyl sites for hydroxylation is 1. The van der Waals surface area contributed by atoms with Crippen molar-refractivity contribution in [2.75, 3.05) is 11.2 Å². The molecule has 6 nitrogen and oxygen atoms in total. The Labute approximate surface area is 202 Å². The van der Waals surface area contributed by atoms with Crippen molar-refractivity contribution in [2.45, 2.75) is 24.8 Å². The summed E-state index contributed by atoms with van der Waals surface area (Å²) in [7, 11) is 0. The number of aromatic nitrogens is 2. The lowest BCUT2D eigenvalue weighted by molar-refractivity contribution is 0.244. The third kappa shape index (κ3) is 4.10. The minimum Gasteiger partial charge on any atom is -0.334 e. The van der Waals surface area contributed by atoms with Gasteiger partial charge in [-0.15, -0.1) is 11.8 Å². The second-order valence-corrected chi connectivity index (χ2v) is 9.00. The summed E-state index contributed by atoms with van der Waals surface area (Å²) < 4.78 is 5.78. The molecule has 1 aliphatic rings. The van der Waals surface area contributed by atoms with Crippen LogP contribution in [0.3, 0.4) is 0 Å². The number of hydrogen-bond acceptors (Lipinski definition) is 5. The van der Waals surface area contributed by atoms with Gasteiger partial charge in [0.05, 0.1) is 17.3 Å². The highest BCUT2D eigenvalue weighted by Crippen LogP contribution is 2.39. The molecular formula is C27H24N4O2S. The highest BCUT2D eigenvalue weighted by atomic mass is 32.2. The van der Waals surface area contributed by atoms with Crippen LogP contribution >= 0.6 is 11.8 Å². The summed E-state index contributed by atoms with van der Waals surface area (Å²) in [6.45, 7) is 3.95. The molecule has 0 bridgehead atoms. The molecular weight excluding hydrogens is 444 g/mol. The van der Waals surface area contributed by atoms with Gasteiger partial charge < -0.3 is 9.84 Å². The minimum atomic E-state index is -0.417. The maximum atomic E-state index is 13.3. The highest BCUT2D eigenvalue weighted by Gasteiger charge is 2.36.